The van der Waals surface area contributed by atoms with E-state index in [1.165, 1.54) is 18.2 Å². The predicted molar refractivity (Wildman–Crippen MR) is 74.7 cm³/mol. The Morgan fingerprint density at radius 3 is 2.68 bits per heavy atom. The third kappa shape index (κ3) is 2.52. The average Bonchev–Trinajstić information content (AvgIpc) is 3.22. The Morgan fingerprint density at radius 2 is 2.09 bits per heavy atom. The van der Waals surface area contributed by atoms with Gasteiger partial charge < -0.3 is 15.7 Å². The number of halogens is 4. The van der Waals surface area contributed by atoms with Gasteiger partial charge in [0.1, 0.15) is 0 Å². The molecule has 2 amide bonds. The zero-order valence-electron chi connectivity index (χ0n) is 11.4. The minimum atomic E-state index is -4.76. The molecular weight excluding hydrogens is 321 g/mol. The first-order chi connectivity index (χ1) is 10.2. The molecule has 3 N–H and O–H groups in total. The van der Waals surface area contributed by atoms with Crippen molar-refractivity contribution in [1.82, 2.24) is 5.32 Å². The van der Waals surface area contributed by atoms with E-state index < -0.39 is 30.3 Å². The third-order valence-corrected chi connectivity index (χ3v) is 4.42. The molecule has 120 valence electrons. The minimum absolute atomic E-state index is 0.0495. The lowest BCUT2D eigenvalue weighted by molar-refractivity contribution is -0.206. The molecule has 1 saturated carbocycles. The van der Waals surface area contributed by atoms with Gasteiger partial charge >= 0.3 is 12.2 Å². The van der Waals surface area contributed by atoms with E-state index >= 15 is 0 Å². The number of carbonyl (C=O) groups is 1. The molecule has 22 heavy (non-hydrogen) atoms. The minimum Gasteiger partial charge on any atom is -0.393 e. The molecule has 0 spiro atoms. The molecule has 0 radical (unpaired) electrons. The van der Waals surface area contributed by atoms with Crippen LogP contribution in [0.1, 0.15) is 24.8 Å². The number of carbonyl (C=O) groups excluding carboxylic acids is 1. The molecule has 1 aliphatic carbocycles. The topological polar surface area (TPSA) is 61.4 Å². The van der Waals surface area contributed by atoms with Crippen LogP contribution in [0.5, 0.6) is 0 Å². The molecule has 2 unspecified atom stereocenters. The fraction of sp³-hybridized carbons (Fsp3) is 0.500. The van der Waals surface area contributed by atoms with Crippen LogP contribution in [0.25, 0.3) is 0 Å². The largest absolute Gasteiger partial charge is 0.416 e. The molecular formula is C14H14ClF3N2O2. The van der Waals surface area contributed by atoms with Crippen molar-refractivity contribution in [2.24, 2.45) is 5.92 Å². The maximum absolute atomic E-state index is 13.8. The highest BCUT2D eigenvalue weighted by atomic mass is 35.5. The maximum Gasteiger partial charge on any atom is 0.416 e. The Kier molecular flexibility index (Phi) is 3.52. The zero-order chi connectivity index (χ0) is 16.1. The molecule has 1 aromatic carbocycles. The Balaban J connectivity index is 2.12. The number of aliphatic hydroxyl groups is 1. The number of aliphatic hydroxyl groups excluding tert-OH is 1. The van der Waals surface area contributed by atoms with Gasteiger partial charge in [0.15, 0.2) is 5.54 Å². The predicted octanol–water partition coefficient (Wildman–Crippen LogP) is 3.39. The maximum atomic E-state index is 13.8. The van der Waals surface area contributed by atoms with Crippen LogP contribution in [0.3, 0.4) is 0 Å². The monoisotopic (exact) mass is 334 g/mol. The van der Waals surface area contributed by atoms with Crippen molar-refractivity contribution < 1.29 is 23.1 Å². The third-order valence-electron chi connectivity index (χ3n) is 4.18. The fourth-order valence-electron chi connectivity index (χ4n) is 2.85. The highest BCUT2D eigenvalue weighted by molar-refractivity contribution is 6.30. The summed E-state index contributed by atoms with van der Waals surface area (Å²) in [5.74, 6) is -0.145. The highest BCUT2D eigenvalue weighted by Crippen LogP contribution is 2.49. The van der Waals surface area contributed by atoms with Gasteiger partial charge in [0, 0.05) is 22.7 Å². The normalized spacial score (nSPS) is 26.0. The molecule has 1 aliphatic heterocycles. The van der Waals surface area contributed by atoms with Crippen LogP contribution in [0, 0.1) is 5.92 Å². The summed E-state index contributed by atoms with van der Waals surface area (Å²) >= 11 is 5.83. The van der Waals surface area contributed by atoms with Crippen molar-refractivity contribution in [1.29, 1.82) is 0 Å². The molecule has 1 fully saturated rings. The van der Waals surface area contributed by atoms with Crippen LogP contribution in [0.2, 0.25) is 5.02 Å². The van der Waals surface area contributed by atoms with Crippen molar-refractivity contribution in [3.8, 4) is 0 Å². The molecule has 1 aromatic rings. The van der Waals surface area contributed by atoms with E-state index in [-0.39, 0.29) is 22.2 Å². The van der Waals surface area contributed by atoms with E-state index in [4.69, 9.17) is 11.6 Å². The summed E-state index contributed by atoms with van der Waals surface area (Å²) in [4.78, 5) is 11.7. The van der Waals surface area contributed by atoms with Gasteiger partial charge in [-0.25, -0.2) is 4.79 Å². The molecule has 2 aliphatic rings. The van der Waals surface area contributed by atoms with E-state index in [1.54, 1.807) is 0 Å². The van der Waals surface area contributed by atoms with E-state index in [9.17, 15) is 23.1 Å². The number of benzene rings is 1. The molecule has 0 bridgehead atoms. The molecule has 0 aromatic heterocycles. The number of anilines is 1. The van der Waals surface area contributed by atoms with Gasteiger partial charge in [-0.3, -0.25) is 0 Å². The number of hydrogen-bond donors (Lipinski definition) is 3. The smallest absolute Gasteiger partial charge is 0.393 e. The van der Waals surface area contributed by atoms with E-state index in [2.05, 4.69) is 5.32 Å². The lowest BCUT2D eigenvalue weighted by Crippen LogP contribution is -2.61. The van der Waals surface area contributed by atoms with Crippen LogP contribution < -0.4 is 10.6 Å². The lowest BCUT2D eigenvalue weighted by atomic mass is 9.80. The van der Waals surface area contributed by atoms with Gasteiger partial charge in [0.05, 0.1) is 6.10 Å². The molecule has 2 atom stereocenters. The van der Waals surface area contributed by atoms with Gasteiger partial charge in [-0.05, 0) is 37.0 Å². The Labute approximate surface area is 129 Å². The summed E-state index contributed by atoms with van der Waals surface area (Å²) in [7, 11) is 0. The van der Waals surface area contributed by atoms with Gasteiger partial charge in [-0.2, -0.15) is 13.2 Å². The van der Waals surface area contributed by atoms with Crippen molar-refractivity contribution in [3.63, 3.8) is 0 Å². The average molecular weight is 335 g/mol. The summed E-state index contributed by atoms with van der Waals surface area (Å²) in [5, 5.41) is 14.5. The summed E-state index contributed by atoms with van der Waals surface area (Å²) in [6.45, 7) is 0. The standard InChI is InChI=1S/C14H14ClF3N2O2/c15-8-3-4-10-9(5-8)13(14(16,17)18,20-12(22)19-10)6-11(21)7-1-2-7/h3-5,7,11,21H,1-2,6H2,(H2,19,20,22). The number of nitrogens with one attached hydrogen (secondary N) is 2. The van der Waals surface area contributed by atoms with Crippen LogP contribution in [-0.2, 0) is 5.54 Å². The number of amides is 2. The number of fused-ring (bicyclic) bond motifs is 1. The van der Waals surface area contributed by atoms with Crippen LogP contribution in [-0.4, -0.2) is 23.4 Å². The first-order valence-electron chi connectivity index (χ1n) is 6.87. The van der Waals surface area contributed by atoms with Crippen LogP contribution >= 0.6 is 11.6 Å². The van der Waals surface area contributed by atoms with E-state index in [1.807, 2.05) is 5.32 Å². The molecule has 3 rings (SSSR count). The molecule has 1 heterocycles. The Hall–Kier alpha value is -1.47. The van der Waals surface area contributed by atoms with Gasteiger partial charge in [0.2, 0.25) is 0 Å². The summed E-state index contributed by atoms with van der Waals surface area (Å²) < 4.78 is 41.5. The lowest BCUT2D eigenvalue weighted by Gasteiger charge is -2.42. The number of urea groups is 1. The second kappa shape index (κ2) is 5.03. The number of alkyl halides is 3. The highest BCUT2D eigenvalue weighted by Gasteiger charge is 2.61. The SMILES string of the molecule is O=C1Nc2ccc(Cl)cc2C(CC(O)C2CC2)(C(F)(F)F)N1. The summed E-state index contributed by atoms with van der Waals surface area (Å²) in [6.07, 6.45) is -5.12. The van der Waals surface area contributed by atoms with Crippen molar-refractivity contribution >= 4 is 23.3 Å². The van der Waals surface area contributed by atoms with Gasteiger partial charge in [-0.1, -0.05) is 11.6 Å². The quantitative estimate of drug-likeness (QED) is 0.793. The molecule has 4 nitrogen and oxygen atoms in total. The van der Waals surface area contributed by atoms with Crippen LogP contribution in [0.15, 0.2) is 18.2 Å². The van der Waals surface area contributed by atoms with Crippen molar-refractivity contribution in [2.75, 3.05) is 5.32 Å². The van der Waals surface area contributed by atoms with E-state index in [0.717, 1.165) is 0 Å². The second-order valence-electron chi connectivity index (χ2n) is 5.78. The van der Waals surface area contributed by atoms with Crippen molar-refractivity contribution in [2.45, 2.75) is 37.1 Å². The fourth-order valence-corrected chi connectivity index (χ4v) is 3.03. The first kappa shape index (κ1) is 15.4. The van der Waals surface area contributed by atoms with E-state index in [0.29, 0.717) is 12.8 Å². The van der Waals surface area contributed by atoms with Crippen molar-refractivity contribution in [3.05, 3.63) is 28.8 Å². The summed E-state index contributed by atoms with van der Waals surface area (Å²) in [6, 6.07) is 2.97. The molecule has 0 saturated heterocycles. The van der Waals surface area contributed by atoms with Crippen LogP contribution in [0.4, 0.5) is 23.7 Å². The van der Waals surface area contributed by atoms with Gasteiger partial charge in [-0.15, -0.1) is 0 Å². The summed E-state index contributed by atoms with van der Waals surface area (Å²) in [5.41, 5.74) is -2.77. The Bertz CT molecular complexity index is 619. The molecule has 8 heteroatoms. The zero-order valence-corrected chi connectivity index (χ0v) is 12.1. The first-order valence-corrected chi connectivity index (χ1v) is 7.25. The number of rotatable bonds is 3. The number of hydrogen-bond acceptors (Lipinski definition) is 2. The van der Waals surface area contributed by atoms with Gasteiger partial charge in [0.25, 0.3) is 0 Å². The Morgan fingerprint density at radius 1 is 1.41 bits per heavy atom. The second-order valence-corrected chi connectivity index (χ2v) is 6.22.